The van der Waals surface area contributed by atoms with Crippen LogP contribution in [0.25, 0.3) is 0 Å². The van der Waals surface area contributed by atoms with Crippen LogP contribution in [0.3, 0.4) is 0 Å². The summed E-state index contributed by atoms with van der Waals surface area (Å²) in [6.07, 6.45) is -4.74. The van der Waals surface area contributed by atoms with Gasteiger partial charge in [0.15, 0.2) is 0 Å². The number of rotatable bonds is 3. The fourth-order valence-corrected chi connectivity index (χ4v) is 1.15. The third kappa shape index (κ3) is 3.59. The molecule has 2 N–H and O–H groups in total. The lowest BCUT2D eigenvalue weighted by Gasteiger charge is -2.25. The summed E-state index contributed by atoms with van der Waals surface area (Å²) in [5.41, 5.74) is 3.24. The van der Waals surface area contributed by atoms with Crippen molar-refractivity contribution in [2.75, 3.05) is 6.54 Å². The maximum Gasteiger partial charge on any atom is 0.419 e. The van der Waals surface area contributed by atoms with E-state index in [-0.39, 0.29) is 12.3 Å². The Hall–Kier alpha value is -1.30. The Morgan fingerprint density at radius 2 is 1.82 bits per heavy atom. The Bertz CT molecular complexity index is 401. The summed E-state index contributed by atoms with van der Waals surface area (Å²) in [6.45, 7) is 3.39. The lowest BCUT2D eigenvalue weighted by molar-refractivity contribution is -0.140. The predicted octanol–water partition coefficient (Wildman–Crippen LogP) is 2.96. The highest BCUT2D eigenvalue weighted by Gasteiger charge is 2.34. The average molecular weight is 251 g/mol. The van der Waals surface area contributed by atoms with E-state index < -0.39 is 23.2 Å². The van der Waals surface area contributed by atoms with Crippen molar-refractivity contribution in [1.29, 1.82) is 0 Å². The molecule has 1 aromatic carbocycles. The van der Waals surface area contributed by atoms with E-state index in [0.717, 1.165) is 12.1 Å². The molecule has 0 aliphatic carbocycles. The molecule has 0 unspecified atom stereocenters. The molecule has 0 fully saturated rings. The summed E-state index contributed by atoms with van der Waals surface area (Å²) >= 11 is 0. The fourth-order valence-electron chi connectivity index (χ4n) is 1.15. The SMILES string of the molecule is CC(C)(CN)Oc1ccc(F)c(C(F)(F)F)c1. The van der Waals surface area contributed by atoms with E-state index in [1.165, 1.54) is 0 Å². The lowest BCUT2D eigenvalue weighted by Crippen LogP contribution is -2.37. The van der Waals surface area contributed by atoms with Crippen LogP contribution in [0.1, 0.15) is 19.4 Å². The quantitative estimate of drug-likeness (QED) is 0.838. The molecule has 6 heteroatoms. The van der Waals surface area contributed by atoms with Gasteiger partial charge in [0, 0.05) is 6.54 Å². The van der Waals surface area contributed by atoms with Gasteiger partial charge < -0.3 is 10.5 Å². The summed E-state index contributed by atoms with van der Waals surface area (Å²) in [6, 6.07) is 2.50. The van der Waals surface area contributed by atoms with Crippen LogP contribution < -0.4 is 10.5 Å². The van der Waals surface area contributed by atoms with Crippen molar-refractivity contribution in [3.05, 3.63) is 29.6 Å². The highest BCUT2D eigenvalue weighted by molar-refractivity contribution is 5.32. The van der Waals surface area contributed by atoms with E-state index in [1.807, 2.05) is 0 Å². The predicted molar refractivity (Wildman–Crippen MR) is 55.2 cm³/mol. The van der Waals surface area contributed by atoms with Crippen molar-refractivity contribution in [1.82, 2.24) is 0 Å². The summed E-state index contributed by atoms with van der Waals surface area (Å²) in [5.74, 6) is -1.38. The molecular weight excluding hydrogens is 238 g/mol. The van der Waals surface area contributed by atoms with Gasteiger partial charge in [0.2, 0.25) is 0 Å². The standard InChI is InChI=1S/C11H13F4NO/c1-10(2,6-16)17-7-3-4-9(12)8(5-7)11(13,14)15/h3-5H,6,16H2,1-2H3. The first-order valence-electron chi connectivity index (χ1n) is 4.91. The molecular formula is C11H13F4NO. The van der Waals surface area contributed by atoms with Crippen LogP contribution in [0, 0.1) is 5.82 Å². The van der Waals surface area contributed by atoms with E-state index in [2.05, 4.69) is 0 Å². The van der Waals surface area contributed by atoms with Crippen LogP contribution in [-0.2, 0) is 6.18 Å². The Morgan fingerprint density at radius 3 is 2.29 bits per heavy atom. The Kier molecular flexibility index (Phi) is 3.66. The second kappa shape index (κ2) is 4.52. The van der Waals surface area contributed by atoms with Crippen LogP contribution in [0.4, 0.5) is 17.6 Å². The van der Waals surface area contributed by atoms with Gasteiger partial charge in [-0.3, -0.25) is 0 Å². The number of nitrogens with two attached hydrogens (primary N) is 1. The number of ether oxygens (including phenoxy) is 1. The minimum absolute atomic E-state index is 0.0609. The van der Waals surface area contributed by atoms with Crippen molar-refractivity contribution >= 4 is 0 Å². The maximum atomic E-state index is 13.0. The van der Waals surface area contributed by atoms with E-state index in [9.17, 15) is 17.6 Å². The summed E-state index contributed by atoms with van der Waals surface area (Å²) in [4.78, 5) is 0. The van der Waals surface area contributed by atoms with Crippen LogP contribution in [-0.4, -0.2) is 12.1 Å². The smallest absolute Gasteiger partial charge is 0.419 e. The van der Waals surface area contributed by atoms with Gasteiger partial charge in [-0.05, 0) is 32.0 Å². The lowest BCUT2D eigenvalue weighted by atomic mass is 10.1. The van der Waals surface area contributed by atoms with Gasteiger partial charge >= 0.3 is 6.18 Å². The highest BCUT2D eigenvalue weighted by atomic mass is 19.4. The first kappa shape index (κ1) is 13.8. The normalized spacial score (nSPS) is 12.6. The van der Waals surface area contributed by atoms with Crippen molar-refractivity contribution < 1.29 is 22.3 Å². The van der Waals surface area contributed by atoms with E-state index in [4.69, 9.17) is 10.5 Å². The van der Waals surface area contributed by atoms with Crippen molar-refractivity contribution in [3.63, 3.8) is 0 Å². The van der Waals surface area contributed by atoms with Gasteiger partial charge in [0.25, 0.3) is 0 Å². The van der Waals surface area contributed by atoms with E-state index in [1.54, 1.807) is 13.8 Å². The molecule has 0 spiro atoms. The molecule has 0 aliphatic heterocycles. The molecule has 2 nitrogen and oxygen atoms in total. The first-order chi connectivity index (χ1) is 7.65. The average Bonchev–Trinajstić information content (AvgIpc) is 2.19. The van der Waals surface area contributed by atoms with E-state index in [0.29, 0.717) is 6.07 Å². The minimum atomic E-state index is -4.74. The largest absolute Gasteiger partial charge is 0.487 e. The highest BCUT2D eigenvalue weighted by Crippen LogP contribution is 2.34. The number of alkyl halides is 3. The monoisotopic (exact) mass is 251 g/mol. The van der Waals surface area contributed by atoms with Crippen molar-refractivity contribution in [2.45, 2.75) is 25.6 Å². The molecule has 0 saturated carbocycles. The first-order valence-corrected chi connectivity index (χ1v) is 4.91. The topological polar surface area (TPSA) is 35.2 Å². The van der Waals surface area contributed by atoms with Gasteiger partial charge in [-0.1, -0.05) is 0 Å². The molecule has 0 aliphatic rings. The van der Waals surface area contributed by atoms with Crippen LogP contribution in [0.2, 0.25) is 0 Å². The maximum absolute atomic E-state index is 13.0. The molecule has 0 heterocycles. The molecule has 0 atom stereocenters. The van der Waals surface area contributed by atoms with Crippen molar-refractivity contribution in [2.24, 2.45) is 5.73 Å². The van der Waals surface area contributed by atoms with Crippen molar-refractivity contribution in [3.8, 4) is 5.75 Å². The number of hydrogen-bond donors (Lipinski definition) is 1. The van der Waals surface area contributed by atoms with Crippen LogP contribution in [0.5, 0.6) is 5.75 Å². The Labute approximate surface area is 96.4 Å². The minimum Gasteiger partial charge on any atom is -0.487 e. The molecule has 0 amide bonds. The van der Waals surface area contributed by atoms with Crippen LogP contribution >= 0.6 is 0 Å². The number of hydrogen-bond acceptors (Lipinski definition) is 2. The molecule has 17 heavy (non-hydrogen) atoms. The van der Waals surface area contributed by atoms with Gasteiger partial charge in [-0.25, -0.2) is 4.39 Å². The summed E-state index contributed by atoms with van der Waals surface area (Å²) in [5, 5.41) is 0. The third-order valence-electron chi connectivity index (χ3n) is 2.13. The second-order valence-electron chi connectivity index (χ2n) is 4.21. The second-order valence-corrected chi connectivity index (χ2v) is 4.21. The molecule has 1 aromatic rings. The zero-order valence-electron chi connectivity index (χ0n) is 9.44. The Balaban J connectivity index is 3.06. The zero-order chi connectivity index (χ0) is 13.3. The van der Waals surface area contributed by atoms with Gasteiger partial charge in [-0.15, -0.1) is 0 Å². The zero-order valence-corrected chi connectivity index (χ0v) is 9.44. The van der Waals surface area contributed by atoms with Gasteiger partial charge in [0.1, 0.15) is 17.2 Å². The third-order valence-corrected chi connectivity index (χ3v) is 2.13. The molecule has 0 saturated heterocycles. The molecule has 0 aromatic heterocycles. The van der Waals surface area contributed by atoms with Gasteiger partial charge in [-0.2, -0.15) is 13.2 Å². The molecule has 96 valence electrons. The van der Waals surface area contributed by atoms with Crippen LogP contribution in [0.15, 0.2) is 18.2 Å². The van der Waals surface area contributed by atoms with Gasteiger partial charge in [0.05, 0.1) is 5.56 Å². The number of benzene rings is 1. The molecule has 1 rings (SSSR count). The fraction of sp³-hybridized carbons (Fsp3) is 0.455. The summed E-state index contributed by atoms with van der Waals surface area (Å²) in [7, 11) is 0. The van der Waals surface area contributed by atoms with E-state index >= 15 is 0 Å². The molecule has 0 bridgehead atoms. The number of halogens is 4. The summed E-state index contributed by atoms with van der Waals surface area (Å²) < 4.78 is 55.5. The Morgan fingerprint density at radius 1 is 1.24 bits per heavy atom. The molecule has 0 radical (unpaired) electrons.